The molecule has 1 fully saturated rings. The molecule has 2 atom stereocenters. The molecule has 5 nitrogen and oxygen atoms in total. The fourth-order valence-electron chi connectivity index (χ4n) is 3.12. The zero-order chi connectivity index (χ0) is 18.1. The number of esters is 1. The van der Waals surface area contributed by atoms with Crippen molar-refractivity contribution in [2.45, 2.75) is 25.8 Å². The van der Waals surface area contributed by atoms with Crippen LogP contribution in [0.2, 0.25) is 5.02 Å². The summed E-state index contributed by atoms with van der Waals surface area (Å²) in [6, 6.07) is 9.27. The molecule has 1 aromatic heterocycles. The van der Waals surface area contributed by atoms with Crippen LogP contribution in [0.3, 0.4) is 0 Å². The van der Waals surface area contributed by atoms with E-state index in [2.05, 4.69) is 0 Å². The highest BCUT2D eigenvalue weighted by Crippen LogP contribution is 2.50. The summed E-state index contributed by atoms with van der Waals surface area (Å²) in [6.45, 7) is 2.01. The van der Waals surface area contributed by atoms with Gasteiger partial charge in [-0.15, -0.1) is 0 Å². The van der Waals surface area contributed by atoms with Crippen LogP contribution in [0.4, 0.5) is 0 Å². The largest absolute Gasteiger partial charge is 0.465 e. The molecule has 1 aromatic carbocycles. The number of aryl methyl sites for hydroxylation is 1. The molecule has 1 aliphatic rings. The van der Waals surface area contributed by atoms with Crippen molar-refractivity contribution in [2.24, 2.45) is 5.92 Å². The molecule has 132 valence electrons. The minimum Gasteiger partial charge on any atom is -0.465 e. The van der Waals surface area contributed by atoms with E-state index >= 15 is 0 Å². The zero-order valence-corrected chi connectivity index (χ0v) is 15.2. The Kier molecular flexibility index (Phi) is 4.86. The van der Waals surface area contributed by atoms with Gasteiger partial charge in [0.05, 0.1) is 13.7 Å². The molecule has 0 radical (unpaired) electrons. The van der Waals surface area contributed by atoms with Gasteiger partial charge < -0.3 is 14.1 Å². The molecule has 1 amide bonds. The van der Waals surface area contributed by atoms with E-state index in [1.165, 1.54) is 7.11 Å². The fourth-order valence-corrected chi connectivity index (χ4v) is 3.39. The van der Waals surface area contributed by atoms with E-state index in [0.717, 1.165) is 12.0 Å². The number of amides is 1. The number of carbonyl (C=O) groups excluding carboxylic acids is 2. The first kappa shape index (κ1) is 17.5. The molecule has 0 bridgehead atoms. The van der Waals surface area contributed by atoms with Crippen molar-refractivity contribution in [1.82, 2.24) is 4.90 Å². The number of ether oxygens (including phenoxy) is 1. The number of nitrogens with zero attached hydrogens (tertiary/aromatic N) is 1. The lowest BCUT2D eigenvalue weighted by Gasteiger charge is -2.16. The highest BCUT2D eigenvalue weighted by Gasteiger charge is 2.46. The van der Waals surface area contributed by atoms with E-state index in [1.54, 1.807) is 24.9 Å². The highest BCUT2D eigenvalue weighted by atomic mass is 35.5. The monoisotopic (exact) mass is 361 g/mol. The van der Waals surface area contributed by atoms with Gasteiger partial charge in [0, 0.05) is 18.0 Å². The summed E-state index contributed by atoms with van der Waals surface area (Å²) in [4.78, 5) is 25.9. The van der Waals surface area contributed by atoms with Gasteiger partial charge in [0.1, 0.15) is 17.1 Å². The molecule has 25 heavy (non-hydrogen) atoms. The Balaban J connectivity index is 1.65. The number of benzene rings is 1. The quantitative estimate of drug-likeness (QED) is 0.760. The first-order valence-electron chi connectivity index (χ1n) is 8.09. The van der Waals surface area contributed by atoms with Gasteiger partial charge >= 0.3 is 5.97 Å². The molecule has 6 heteroatoms. The van der Waals surface area contributed by atoms with Crippen LogP contribution in [0.15, 0.2) is 34.7 Å². The second kappa shape index (κ2) is 6.92. The topological polar surface area (TPSA) is 59.8 Å². The Bertz CT molecular complexity index is 814. The summed E-state index contributed by atoms with van der Waals surface area (Å²) in [7, 11) is 3.06. The summed E-state index contributed by atoms with van der Waals surface area (Å²) < 4.78 is 10.3. The molecule has 0 aliphatic heterocycles. The molecule has 1 aliphatic carbocycles. The van der Waals surface area contributed by atoms with Crippen molar-refractivity contribution in [3.05, 3.63) is 58.0 Å². The molecule has 0 spiro atoms. The molecule has 2 unspecified atom stereocenters. The third-order valence-corrected chi connectivity index (χ3v) is 4.90. The van der Waals surface area contributed by atoms with Crippen molar-refractivity contribution in [2.75, 3.05) is 14.2 Å². The van der Waals surface area contributed by atoms with Gasteiger partial charge in [0.15, 0.2) is 0 Å². The van der Waals surface area contributed by atoms with E-state index in [1.807, 2.05) is 24.3 Å². The maximum absolute atomic E-state index is 12.6. The Morgan fingerprint density at radius 3 is 2.76 bits per heavy atom. The minimum absolute atomic E-state index is 0.0543. The normalized spacial score (nSPS) is 18.7. The summed E-state index contributed by atoms with van der Waals surface area (Å²) in [6.07, 6.45) is 0.803. The predicted octanol–water partition coefficient (Wildman–Crippen LogP) is 3.79. The SMILES string of the molecule is COC(=O)c1cc(CN(C)C(=O)C2CC2c2ccccc2Cl)oc1C. The van der Waals surface area contributed by atoms with Crippen molar-refractivity contribution >= 4 is 23.5 Å². The number of hydrogen-bond acceptors (Lipinski definition) is 4. The molecular formula is C19H20ClNO4. The molecule has 2 aromatic rings. The Morgan fingerprint density at radius 2 is 2.08 bits per heavy atom. The Labute approximate surface area is 151 Å². The average Bonchev–Trinajstić information content (AvgIpc) is 3.30. The molecule has 0 saturated heterocycles. The van der Waals surface area contributed by atoms with Gasteiger partial charge in [0.2, 0.25) is 5.91 Å². The summed E-state index contributed by atoms with van der Waals surface area (Å²) in [5, 5.41) is 0.704. The lowest BCUT2D eigenvalue weighted by atomic mass is 10.1. The van der Waals surface area contributed by atoms with Crippen molar-refractivity contribution in [3.8, 4) is 0 Å². The maximum atomic E-state index is 12.6. The highest BCUT2D eigenvalue weighted by molar-refractivity contribution is 6.31. The molecule has 3 rings (SSSR count). The van der Waals surface area contributed by atoms with E-state index in [-0.39, 0.29) is 17.7 Å². The number of carbonyl (C=O) groups is 2. The fraction of sp³-hybridized carbons (Fsp3) is 0.368. The van der Waals surface area contributed by atoms with Gasteiger partial charge in [-0.1, -0.05) is 29.8 Å². The lowest BCUT2D eigenvalue weighted by molar-refractivity contribution is -0.132. The number of rotatable bonds is 5. The van der Waals surface area contributed by atoms with Crippen molar-refractivity contribution in [3.63, 3.8) is 0 Å². The van der Waals surface area contributed by atoms with Crippen LogP contribution < -0.4 is 0 Å². The number of hydrogen-bond donors (Lipinski definition) is 0. The summed E-state index contributed by atoms with van der Waals surface area (Å²) >= 11 is 6.22. The van der Waals surface area contributed by atoms with Crippen molar-refractivity contribution in [1.29, 1.82) is 0 Å². The second-order valence-corrected chi connectivity index (χ2v) is 6.75. The van der Waals surface area contributed by atoms with Gasteiger partial charge in [0.25, 0.3) is 0 Å². The second-order valence-electron chi connectivity index (χ2n) is 6.34. The number of furan rings is 1. The smallest absolute Gasteiger partial charge is 0.341 e. The van der Waals surface area contributed by atoms with Gasteiger partial charge in [-0.25, -0.2) is 4.79 Å². The summed E-state index contributed by atoms with van der Waals surface area (Å²) in [5.74, 6) is 0.779. The van der Waals surface area contributed by atoms with Crippen LogP contribution in [-0.4, -0.2) is 30.9 Å². The molecular weight excluding hydrogens is 342 g/mol. The van der Waals surface area contributed by atoms with Crippen LogP contribution in [0.1, 0.15) is 39.8 Å². The first-order chi connectivity index (χ1) is 11.9. The van der Waals surface area contributed by atoms with E-state index in [9.17, 15) is 9.59 Å². The minimum atomic E-state index is -0.442. The number of methoxy groups -OCH3 is 1. The van der Waals surface area contributed by atoms with Gasteiger partial charge in [-0.3, -0.25) is 4.79 Å². The summed E-state index contributed by atoms with van der Waals surface area (Å²) in [5.41, 5.74) is 1.41. The molecule has 1 saturated carbocycles. The standard InChI is InChI=1S/C19H20ClNO4/c1-11-14(19(23)24-3)8-12(25-11)10-21(2)18(22)16-9-15(16)13-6-4-5-7-17(13)20/h4-8,15-16H,9-10H2,1-3H3. The third-order valence-electron chi connectivity index (χ3n) is 4.56. The Hall–Kier alpha value is -2.27. The number of halogens is 1. The average molecular weight is 362 g/mol. The maximum Gasteiger partial charge on any atom is 0.341 e. The van der Waals surface area contributed by atoms with E-state index < -0.39 is 5.97 Å². The van der Waals surface area contributed by atoms with E-state index in [4.69, 9.17) is 20.8 Å². The zero-order valence-electron chi connectivity index (χ0n) is 14.4. The third kappa shape index (κ3) is 3.56. The van der Waals surface area contributed by atoms with Crippen LogP contribution in [-0.2, 0) is 16.1 Å². The van der Waals surface area contributed by atoms with Crippen LogP contribution in [0, 0.1) is 12.8 Å². The van der Waals surface area contributed by atoms with E-state index in [0.29, 0.717) is 28.7 Å². The molecule has 1 heterocycles. The predicted molar refractivity (Wildman–Crippen MR) is 93.6 cm³/mol. The lowest BCUT2D eigenvalue weighted by Crippen LogP contribution is -2.27. The first-order valence-corrected chi connectivity index (χ1v) is 8.47. The van der Waals surface area contributed by atoms with Crippen LogP contribution in [0.25, 0.3) is 0 Å². The van der Waals surface area contributed by atoms with Crippen LogP contribution >= 0.6 is 11.6 Å². The Morgan fingerprint density at radius 1 is 1.36 bits per heavy atom. The van der Waals surface area contributed by atoms with Crippen molar-refractivity contribution < 1.29 is 18.7 Å². The van der Waals surface area contributed by atoms with Gasteiger partial charge in [-0.05, 0) is 37.0 Å². The molecule has 0 N–H and O–H groups in total. The van der Waals surface area contributed by atoms with Crippen LogP contribution in [0.5, 0.6) is 0 Å². The van der Waals surface area contributed by atoms with Gasteiger partial charge in [-0.2, -0.15) is 0 Å².